The predicted octanol–water partition coefficient (Wildman–Crippen LogP) is 1.37. The molecule has 0 aliphatic carbocycles. The first-order valence-electron chi connectivity index (χ1n) is 5.21. The molecule has 90 valence electrons. The number of hydrogen-bond acceptors (Lipinski definition) is 4. The Labute approximate surface area is 98.7 Å². The number of benzene rings is 1. The average molecular weight is 236 g/mol. The Bertz CT molecular complexity index is 466. The van der Waals surface area contributed by atoms with E-state index in [-0.39, 0.29) is 13.2 Å². The summed E-state index contributed by atoms with van der Waals surface area (Å²) in [6.07, 6.45) is 0. The maximum Gasteiger partial charge on any atom is 0.123 e. The molecule has 17 heavy (non-hydrogen) atoms. The second-order valence-electron chi connectivity index (χ2n) is 4.12. The van der Waals surface area contributed by atoms with Crippen molar-refractivity contribution in [1.82, 2.24) is 0 Å². The van der Waals surface area contributed by atoms with Crippen LogP contribution in [0.4, 0.5) is 4.39 Å². The van der Waals surface area contributed by atoms with Gasteiger partial charge in [0.25, 0.3) is 0 Å². The number of nitrogens with zero attached hydrogens (tertiary/aromatic N) is 1. The van der Waals surface area contributed by atoms with Gasteiger partial charge in [0.2, 0.25) is 0 Å². The predicted molar refractivity (Wildman–Crippen MR) is 58.7 cm³/mol. The summed E-state index contributed by atoms with van der Waals surface area (Å²) in [5, 5.41) is 9.16. The Kier molecular flexibility index (Phi) is 3.01. The molecule has 1 unspecified atom stereocenters. The molecule has 1 fully saturated rings. The molecule has 2 rings (SSSR count). The third-order valence-corrected chi connectivity index (χ3v) is 3.06. The molecule has 1 aliphatic heterocycles. The zero-order valence-corrected chi connectivity index (χ0v) is 9.44. The van der Waals surface area contributed by atoms with E-state index < -0.39 is 17.3 Å². The summed E-state index contributed by atoms with van der Waals surface area (Å²) in [5.41, 5.74) is 5.76. The highest BCUT2D eigenvalue weighted by Crippen LogP contribution is 2.41. The first-order chi connectivity index (χ1) is 8.13. The SMILES string of the molecule is COc1ccc(F)cc1C(N)C1(C#N)COC1. The maximum atomic E-state index is 13.2. The molecule has 5 heteroatoms. The summed E-state index contributed by atoms with van der Waals surface area (Å²) in [5.74, 6) is 0.0880. The van der Waals surface area contributed by atoms with Crippen LogP contribution in [0.5, 0.6) is 5.75 Å². The monoisotopic (exact) mass is 236 g/mol. The van der Waals surface area contributed by atoms with Gasteiger partial charge in [0.1, 0.15) is 17.0 Å². The Morgan fingerprint density at radius 1 is 1.59 bits per heavy atom. The third kappa shape index (κ3) is 1.86. The van der Waals surface area contributed by atoms with Crippen molar-refractivity contribution in [1.29, 1.82) is 5.26 Å². The standard InChI is InChI=1S/C12H13FN2O2/c1-16-10-3-2-8(13)4-9(10)11(15)12(5-14)6-17-7-12/h2-4,11H,6-7,15H2,1H3. The number of nitriles is 1. The molecule has 0 radical (unpaired) electrons. The number of methoxy groups -OCH3 is 1. The molecule has 2 N–H and O–H groups in total. The highest BCUT2D eigenvalue weighted by atomic mass is 19.1. The largest absolute Gasteiger partial charge is 0.496 e. The van der Waals surface area contributed by atoms with Crippen LogP contribution in [-0.2, 0) is 4.74 Å². The fourth-order valence-electron chi connectivity index (χ4n) is 1.88. The first kappa shape index (κ1) is 11.8. The van der Waals surface area contributed by atoms with Crippen molar-refractivity contribution in [3.63, 3.8) is 0 Å². The normalized spacial score (nSPS) is 18.9. The molecule has 0 bridgehead atoms. The van der Waals surface area contributed by atoms with Crippen LogP contribution < -0.4 is 10.5 Å². The minimum absolute atomic E-state index is 0.268. The lowest BCUT2D eigenvalue weighted by Crippen LogP contribution is -2.49. The van der Waals surface area contributed by atoms with Crippen LogP contribution in [0.15, 0.2) is 18.2 Å². The van der Waals surface area contributed by atoms with E-state index in [1.165, 1.54) is 25.3 Å². The van der Waals surface area contributed by atoms with Crippen LogP contribution >= 0.6 is 0 Å². The summed E-state index contributed by atoms with van der Waals surface area (Å²) in [7, 11) is 1.49. The summed E-state index contributed by atoms with van der Waals surface area (Å²) < 4.78 is 23.4. The number of halogens is 1. The van der Waals surface area contributed by atoms with Gasteiger partial charge in [0, 0.05) is 5.56 Å². The summed E-state index contributed by atoms with van der Waals surface area (Å²) >= 11 is 0. The Morgan fingerprint density at radius 3 is 2.76 bits per heavy atom. The highest BCUT2D eigenvalue weighted by molar-refractivity contribution is 5.39. The van der Waals surface area contributed by atoms with E-state index in [1.54, 1.807) is 0 Å². The molecule has 1 atom stereocenters. The topological polar surface area (TPSA) is 68.3 Å². The van der Waals surface area contributed by atoms with Gasteiger partial charge >= 0.3 is 0 Å². The van der Waals surface area contributed by atoms with E-state index in [2.05, 4.69) is 6.07 Å². The molecule has 1 saturated heterocycles. The molecule has 1 aliphatic rings. The van der Waals surface area contributed by atoms with E-state index in [4.69, 9.17) is 20.5 Å². The number of hydrogen-bond donors (Lipinski definition) is 1. The fraction of sp³-hybridized carbons (Fsp3) is 0.417. The van der Waals surface area contributed by atoms with Gasteiger partial charge in [-0.05, 0) is 18.2 Å². The van der Waals surface area contributed by atoms with Crippen molar-refractivity contribution in [2.24, 2.45) is 11.1 Å². The first-order valence-corrected chi connectivity index (χ1v) is 5.21. The molecule has 0 aromatic heterocycles. The van der Waals surface area contributed by atoms with E-state index in [1.807, 2.05) is 0 Å². The highest BCUT2D eigenvalue weighted by Gasteiger charge is 2.46. The molecule has 0 spiro atoms. The van der Waals surface area contributed by atoms with Gasteiger partial charge < -0.3 is 15.2 Å². The van der Waals surface area contributed by atoms with Crippen molar-refractivity contribution < 1.29 is 13.9 Å². The van der Waals surface area contributed by atoms with Gasteiger partial charge in [-0.1, -0.05) is 0 Å². The zero-order valence-electron chi connectivity index (χ0n) is 9.44. The lowest BCUT2D eigenvalue weighted by molar-refractivity contribution is -0.0913. The van der Waals surface area contributed by atoms with Crippen molar-refractivity contribution in [2.75, 3.05) is 20.3 Å². The van der Waals surface area contributed by atoms with Crippen LogP contribution in [0, 0.1) is 22.6 Å². The average Bonchev–Trinajstić information content (AvgIpc) is 2.28. The quantitative estimate of drug-likeness (QED) is 0.860. The molecular formula is C12H13FN2O2. The second kappa shape index (κ2) is 4.32. The smallest absolute Gasteiger partial charge is 0.123 e. The van der Waals surface area contributed by atoms with Gasteiger partial charge in [-0.3, -0.25) is 0 Å². The molecule has 0 saturated carbocycles. The third-order valence-electron chi connectivity index (χ3n) is 3.06. The Balaban J connectivity index is 2.39. The minimum atomic E-state index is -0.777. The van der Waals surface area contributed by atoms with Gasteiger partial charge in [-0.25, -0.2) is 4.39 Å². The molecule has 1 heterocycles. The van der Waals surface area contributed by atoms with Crippen molar-refractivity contribution in [3.8, 4) is 11.8 Å². The van der Waals surface area contributed by atoms with Crippen molar-refractivity contribution >= 4 is 0 Å². The Morgan fingerprint density at radius 2 is 2.29 bits per heavy atom. The fourth-order valence-corrected chi connectivity index (χ4v) is 1.88. The van der Waals surface area contributed by atoms with Gasteiger partial charge in [-0.2, -0.15) is 5.26 Å². The molecular weight excluding hydrogens is 223 g/mol. The summed E-state index contributed by atoms with van der Waals surface area (Å²) in [4.78, 5) is 0. The molecule has 4 nitrogen and oxygen atoms in total. The number of rotatable bonds is 3. The lowest BCUT2D eigenvalue weighted by Gasteiger charge is -2.40. The second-order valence-corrected chi connectivity index (χ2v) is 4.12. The summed E-state index contributed by atoms with van der Waals surface area (Å²) in [6, 6.07) is 5.65. The van der Waals surface area contributed by atoms with Crippen LogP contribution in [0.25, 0.3) is 0 Å². The Hall–Kier alpha value is -1.64. The van der Waals surface area contributed by atoms with E-state index in [0.29, 0.717) is 11.3 Å². The van der Waals surface area contributed by atoms with Gasteiger partial charge in [-0.15, -0.1) is 0 Å². The van der Waals surface area contributed by atoms with E-state index >= 15 is 0 Å². The lowest BCUT2D eigenvalue weighted by atomic mass is 9.77. The van der Waals surface area contributed by atoms with E-state index in [9.17, 15) is 4.39 Å². The molecule has 1 aromatic rings. The van der Waals surface area contributed by atoms with E-state index in [0.717, 1.165) is 0 Å². The van der Waals surface area contributed by atoms with Crippen LogP contribution in [0.2, 0.25) is 0 Å². The molecule has 0 amide bonds. The zero-order chi connectivity index (χ0) is 12.5. The van der Waals surface area contributed by atoms with Crippen LogP contribution in [-0.4, -0.2) is 20.3 Å². The molecule has 1 aromatic carbocycles. The van der Waals surface area contributed by atoms with Crippen LogP contribution in [0.1, 0.15) is 11.6 Å². The maximum absolute atomic E-state index is 13.2. The van der Waals surface area contributed by atoms with Gasteiger partial charge in [0.15, 0.2) is 0 Å². The summed E-state index contributed by atoms with van der Waals surface area (Å²) in [6.45, 7) is 0.536. The minimum Gasteiger partial charge on any atom is -0.496 e. The number of ether oxygens (including phenoxy) is 2. The van der Waals surface area contributed by atoms with Gasteiger partial charge in [0.05, 0.1) is 32.4 Å². The van der Waals surface area contributed by atoms with Crippen LogP contribution in [0.3, 0.4) is 0 Å². The van der Waals surface area contributed by atoms with Crippen molar-refractivity contribution in [2.45, 2.75) is 6.04 Å². The van der Waals surface area contributed by atoms with Crippen molar-refractivity contribution in [3.05, 3.63) is 29.6 Å². The number of nitrogens with two attached hydrogens (primary N) is 1.